The Morgan fingerprint density at radius 2 is 1.09 bits per heavy atom. The predicted octanol–water partition coefficient (Wildman–Crippen LogP) is 13.8. The van der Waals surface area contributed by atoms with E-state index in [1.165, 1.54) is 31.6 Å². The van der Waals surface area contributed by atoms with Crippen LogP contribution < -0.4 is 4.90 Å². The van der Waals surface area contributed by atoms with Crippen LogP contribution in [-0.2, 0) is 0 Å². The highest BCUT2D eigenvalue weighted by atomic mass is 32.1. The Kier molecular flexibility index (Phi) is 7.28. The van der Waals surface area contributed by atoms with Crippen molar-refractivity contribution in [1.29, 1.82) is 0 Å². The molecule has 0 fully saturated rings. The first-order valence-electron chi connectivity index (χ1n) is 18.2. The third-order valence-corrected chi connectivity index (χ3v) is 11.4. The van der Waals surface area contributed by atoms with Crippen LogP contribution in [0.2, 0.25) is 0 Å². The molecule has 0 radical (unpaired) electrons. The Morgan fingerprint density at radius 3 is 1.87 bits per heavy atom. The molecule has 0 aliphatic carbocycles. The molecule has 5 nitrogen and oxygen atoms in total. The van der Waals surface area contributed by atoms with E-state index >= 15 is 0 Å². The Morgan fingerprint density at radius 1 is 0.455 bits per heavy atom. The van der Waals surface area contributed by atoms with E-state index in [1.807, 2.05) is 42.6 Å². The van der Waals surface area contributed by atoms with E-state index in [1.54, 1.807) is 11.3 Å². The lowest BCUT2D eigenvalue weighted by Gasteiger charge is -2.26. The summed E-state index contributed by atoms with van der Waals surface area (Å²) in [7, 11) is 0. The van der Waals surface area contributed by atoms with E-state index in [4.69, 9.17) is 19.4 Å². The molecule has 0 N–H and O–H groups in total. The standard InChI is InChI=1S/C49H30N4OS/c1-2-8-37-30-50-45(29-33(37)7-1)36-19-25-41-34(27-36)13-14-35-28-40(24-26-42(35)41)53(38-20-15-31(16-21-38)48-51-43-9-3-5-11-46(43)54-48)39-22-17-32(18-23-39)49-52-44-10-4-6-12-47(44)55-49/h1-30H. The summed E-state index contributed by atoms with van der Waals surface area (Å²) in [5.74, 6) is 0.608. The number of thiazole rings is 1. The van der Waals surface area contributed by atoms with Crippen LogP contribution in [0.25, 0.3) is 86.9 Å². The van der Waals surface area contributed by atoms with E-state index in [0.29, 0.717) is 5.89 Å². The van der Waals surface area contributed by atoms with Gasteiger partial charge in [-0.15, -0.1) is 11.3 Å². The van der Waals surface area contributed by atoms with Gasteiger partial charge >= 0.3 is 0 Å². The van der Waals surface area contributed by atoms with E-state index in [9.17, 15) is 0 Å². The maximum absolute atomic E-state index is 6.10. The number of rotatable bonds is 6. The van der Waals surface area contributed by atoms with Crippen molar-refractivity contribution in [3.63, 3.8) is 0 Å². The highest BCUT2D eigenvalue weighted by molar-refractivity contribution is 7.21. The summed E-state index contributed by atoms with van der Waals surface area (Å²) in [5, 5.41) is 8.12. The van der Waals surface area contributed by atoms with Crippen LogP contribution in [0, 0.1) is 0 Å². The zero-order chi connectivity index (χ0) is 36.3. The van der Waals surface area contributed by atoms with Crippen molar-refractivity contribution < 1.29 is 4.42 Å². The molecule has 0 atom stereocenters. The Labute approximate surface area is 320 Å². The van der Waals surface area contributed by atoms with Gasteiger partial charge in [-0.05, 0) is 124 Å². The van der Waals surface area contributed by atoms with Crippen molar-refractivity contribution >= 4 is 82.0 Å². The number of nitrogens with zero attached hydrogens (tertiary/aromatic N) is 4. The summed E-state index contributed by atoms with van der Waals surface area (Å²) < 4.78 is 7.29. The van der Waals surface area contributed by atoms with Gasteiger partial charge in [0.25, 0.3) is 0 Å². The fraction of sp³-hybridized carbons (Fsp3) is 0. The van der Waals surface area contributed by atoms with E-state index in [-0.39, 0.29) is 0 Å². The number of oxazole rings is 1. The molecule has 0 saturated carbocycles. The lowest BCUT2D eigenvalue weighted by molar-refractivity contribution is 0.620. The summed E-state index contributed by atoms with van der Waals surface area (Å²) in [6.45, 7) is 0. The van der Waals surface area contributed by atoms with Gasteiger partial charge < -0.3 is 9.32 Å². The summed E-state index contributed by atoms with van der Waals surface area (Å²) in [6, 6.07) is 61.7. The summed E-state index contributed by atoms with van der Waals surface area (Å²) >= 11 is 1.72. The van der Waals surface area contributed by atoms with Gasteiger partial charge in [-0.3, -0.25) is 4.98 Å². The molecule has 11 rings (SSSR count). The number of aromatic nitrogens is 3. The molecule has 6 heteroatoms. The molecule has 0 bridgehead atoms. The highest BCUT2D eigenvalue weighted by Crippen LogP contribution is 2.40. The van der Waals surface area contributed by atoms with Gasteiger partial charge in [0.1, 0.15) is 10.5 Å². The predicted molar refractivity (Wildman–Crippen MR) is 228 cm³/mol. The van der Waals surface area contributed by atoms with Crippen molar-refractivity contribution in [3.8, 4) is 33.3 Å². The topological polar surface area (TPSA) is 55.1 Å². The molecular formula is C49H30N4OS. The molecule has 0 amide bonds. The van der Waals surface area contributed by atoms with Crippen molar-refractivity contribution in [2.75, 3.05) is 4.90 Å². The van der Waals surface area contributed by atoms with Crippen LogP contribution >= 0.6 is 11.3 Å². The molecule has 0 aliphatic heterocycles. The van der Waals surface area contributed by atoms with Gasteiger partial charge in [-0.25, -0.2) is 9.97 Å². The summed E-state index contributed by atoms with van der Waals surface area (Å²) in [5.41, 5.74) is 9.90. The number of anilines is 3. The third kappa shape index (κ3) is 5.59. The Balaban J connectivity index is 0.984. The smallest absolute Gasteiger partial charge is 0.227 e. The fourth-order valence-electron chi connectivity index (χ4n) is 7.54. The number of pyridine rings is 1. The van der Waals surface area contributed by atoms with Gasteiger partial charge in [0.15, 0.2) is 5.58 Å². The quantitative estimate of drug-likeness (QED) is 0.160. The monoisotopic (exact) mass is 722 g/mol. The fourth-order valence-corrected chi connectivity index (χ4v) is 8.51. The minimum Gasteiger partial charge on any atom is -0.436 e. The summed E-state index contributed by atoms with van der Waals surface area (Å²) in [6.07, 6.45) is 1.96. The van der Waals surface area contributed by atoms with Crippen LogP contribution in [0.4, 0.5) is 17.1 Å². The zero-order valence-electron chi connectivity index (χ0n) is 29.4. The van der Waals surface area contributed by atoms with E-state index < -0.39 is 0 Å². The van der Waals surface area contributed by atoms with Crippen LogP contribution in [0.5, 0.6) is 0 Å². The molecule has 0 spiro atoms. The van der Waals surface area contributed by atoms with Crippen LogP contribution in [-0.4, -0.2) is 15.0 Å². The van der Waals surface area contributed by atoms with Crippen molar-refractivity contribution in [2.45, 2.75) is 0 Å². The molecular weight excluding hydrogens is 693 g/mol. The second-order valence-corrected chi connectivity index (χ2v) is 14.8. The van der Waals surface area contributed by atoms with E-state index in [0.717, 1.165) is 66.5 Å². The minimum atomic E-state index is 0.608. The first-order valence-corrected chi connectivity index (χ1v) is 19.1. The molecule has 0 aliphatic rings. The van der Waals surface area contributed by atoms with Gasteiger partial charge in [0, 0.05) is 45.3 Å². The van der Waals surface area contributed by atoms with Crippen LogP contribution in [0.3, 0.4) is 0 Å². The Hall–Kier alpha value is -7.15. The number of hydrogen-bond acceptors (Lipinski definition) is 6. The zero-order valence-corrected chi connectivity index (χ0v) is 30.2. The van der Waals surface area contributed by atoms with Crippen molar-refractivity contribution in [1.82, 2.24) is 15.0 Å². The molecule has 3 aromatic heterocycles. The summed E-state index contributed by atoms with van der Waals surface area (Å²) in [4.78, 5) is 16.7. The van der Waals surface area contributed by atoms with Crippen LogP contribution in [0.1, 0.15) is 0 Å². The number of para-hydroxylation sites is 3. The molecule has 0 saturated heterocycles. The van der Waals surface area contributed by atoms with Gasteiger partial charge in [0.05, 0.1) is 15.9 Å². The van der Waals surface area contributed by atoms with Gasteiger partial charge in [-0.2, -0.15) is 0 Å². The molecule has 55 heavy (non-hydrogen) atoms. The van der Waals surface area contributed by atoms with Crippen molar-refractivity contribution in [3.05, 3.63) is 182 Å². The second kappa shape index (κ2) is 12.8. The molecule has 0 unspecified atom stereocenters. The number of fused-ring (bicyclic) bond motifs is 6. The number of benzene rings is 8. The lowest BCUT2D eigenvalue weighted by Crippen LogP contribution is -2.09. The van der Waals surface area contributed by atoms with Crippen molar-refractivity contribution in [2.24, 2.45) is 0 Å². The third-order valence-electron chi connectivity index (χ3n) is 10.3. The molecule has 3 heterocycles. The Bertz CT molecular complexity index is 3040. The molecule has 258 valence electrons. The van der Waals surface area contributed by atoms with E-state index in [2.05, 4.69) is 144 Å². The first kappa shape index (κ1) is 31.4. The number of hydrogen-bond donors (Lipinski definition) is 0. The van der Waals surface area contributed by atoms with Crippen LogP contribution in [0.15, 0.2) is 187 Å². The average Bonchev–Trinajstić information content (AvgIpc) is 3.89. The van der Waals surface area contributed by atoms with Gasteiger partial charge in [-0.1, -0.05) is 78.9 Å². The maximum Gasteiger partial charge on any atom is 0.227 e. The molecule has 8 aromatic carbocycles. The lowest BCUT2D eigenvalue weighted by atomic mass is 9.98. The maximum atomic E-state index is 6.10. The normalized spacial score (nSPS) is 11.6. The molecule has 11 aromatic rings. The SMILES string of the molecule is c1ccc2cc(-c3ccc4c(ccc5cc(N(c6ccc(-c7nc8ccccc8o7)cc6)c6ccc(-c7nc8ccccc8s7)cc6)ccc54)c3)ncc2c1. The highest BCUT2D eigenvalue weighted by Gasteiger charge is 2.17. The first-order chi connectivity index (χ1) is 27.2. The second-order valence-electron chi connectivity index (χ2n) is 13.7. The minimum absolute atomic E-state index is 0.608. The average molecular weight is 723 g/mol. The largest absolute Gasteiger partial charge is 0.436 e. The van der Waals surface area contributed by atoms with Gasteiger partial charge in [0.2, 0.25) is 5.89 Å².